The van der Waals surface area contributed by atoms with Crippen LogP contribution in [0.25, 0.3) is 11.4 Å². The molecule has 0 amide bonds. The molecule has 36 heavy (non-hydrogen) atoms. The summed E-state index contributed by atoms with van der Waals surface area (Å²) in [4.78, 5) is 13.4. The monoisotopic (exact) mass is 506 g/mol. The number of carbonyl (C=O) groups excluding carboxylic acids is 1. The predicted molar refractivity (Wildman–Crippen MR) is 114 cm³/mol. The van der Waals surface area contributed by atoms with Crippen LogP contribution in [-0.4, -0.2) is 26.2 Å². The zero-order valence-electron chi connectivity index (χ0n) is 18.2. The van der Waals surface area contributed by atoms with E-state index in [-0.39, 0.29) is 30.1 Å². The van der Waals surface area contributed by atoms with Gasteiger partial charge >= 0.3 is 18.3 Å². The molecule has 1 aromatic heterocycles. The van der Waals surface area contributed by atoms with Gasteiger partial charge < -0.3 is 4.74 Å². The van der Waals surface area contributed by atoms with Gasteiger partial charge in [0.15, 0.2) is 0 Å². The number of esters is 1. The molecule has 0 bridgehead atoms. The van der Waals surface area contributed by atoms with Gasteiger partial charge in [0.05, 0.1) is 23.2 Å². The average molecular weight is 506 g/mol. The van der Waals surface area contributed by atoms with Crippen molar-refractivity contribution in [1.29, 1.82) is 0 Å². The van der Waals surface area contributed by atoms with Crippen molar-refractivity contribution < 1.29 is 35.9 Å². The summed E-state index contributed by atoms with van der Waals surface area (Å²) in [6.45, 7) is -0.368. The summed E-state index contributed by atoms with van der Waals surface area (Å²) >= 11 is 0. The fraction of sp³-hybridized carbons (Fsp3) is 0.167. The summed E-state index contributed by atoms with van der Waals surface area (Å²) in [5.74, 6) is -0.550. The predicted octanol–water partition coefficient (Wildman–Crippen LogP) is 5.78. The van der Waals surface area contributed by atoms with Crippen LogP contribution in [0.2, 0.25) is 0 Å². The maximum Gasteiger partial charge on any atom is 0.416 e. The number of alkyl halides is 6. The normalized spacial score (nSPS) is 11.9. The molecular formula is C24H16F6N4O2. The number of nitrogens with zero attached hydrogens (tertiary/aromatic N) is 4. The van der Waals surface area contributed by atoms with Gasteiger partial charge in [-0.2, -0.15) is 31.1 Å². The number of ether oxygens (including phenoxy) is 1. The Hall–Kier alpha value is -4.22. The first-order chi connectivity index (χ1) is 17.0. The summed E-state index contributed by atoms with van der Waals surface area (Å²) in [7, 11) is 0. The second-order valence-electron chi connectivity index (χ2n) is 7.69. The fourth-order valence-electron chi connectivity index (χ4n) is 3.26. The van der Waals surface area contributed by atoms with Gasteiger partial charge in [-0.25, -0.2) is 4.79 Å². The Balaban J connectivity index is 1.39. The van der Waals surface area contributed by atoms with Crippen molar-refractivity contribution in [3.05, 3.63) is 101 Å². The third-order valence-electron chi connectivity index (χ3n) is 5.03. The Morgan fingerprint density at radius 1 is 0.806 bits per heavy atom. The first-order valence-electron chi connectivity index (χ1n) is 10.4. The van der Waals surface area contributed by atoms with Gasteiger partial charge in [0.25, 0.3) is 0 Å². The van der Waals surface area contributed by atoms with Gasteiger partial charge in [-0.05, 0) is 52.7 Å². The summed E-state index contributed by atoms with van der Waals surface area (Å²) in [5.41, 5.74) is -0.448. The van der Waals surface area contributed by atoms with Crippen LogP contribution in [0, 0.1) is 0 Å². The average Bonchev–Trinajstić information content (AvgIpc) is 3.30. The van der Waals surface area contributed by atoms with Crippen molar-refractivity contribution in [2.24, 2.45) is 0 Å². The highest BCUT2D eigenvalue weighted by molar-refractivity contribution is 5.89. The number of benzene rings is 3. The van der Waals surface area contributed by atoms with E-state index in [0.717, 1.165) is 29.1 Å². The highest BCUT2D eigenvalue weighted by Gasteiger charge is 2.31. The summed E-state index contributed by atoms with van der Waals surface area (Å²) in [5, 5.41) is 11.9. The molecule has 0 spiro atoms. The van der Waals surface area contributed by atoms with Crippen molar-refractivity contribution in [3.8, 4) is 11.4 Å². The molecule has 0 saturated heterocycles. The van der Waals surface area contributed by atoms with E-state index < -0.39 is 29.4 Å². The molecule has 4 rings (SSSR count). The lowest BCUT2D eigenvalue weighted by Gasteiger charge is -2.09. The van der Waals surface area contributed by atoms with Gasteiger partial charge in [-0.15, -0.1) is 10.2 Å². The lowest BCUT2D eigenvalue weighted by molar-refractivity contribution is -0.138. The fourth-order valence-corrected chi connectivity index (χ4v) is 3.26. The molecule has 12 heteroatoms. The molecule has 0 radical (unpaired) electrons. The first kappa shape index (κ1) is 24.9. The van der Waals surface area contributed by atoms with Gasteiger partial charge in [-0.1, -0.05) is 36.4 Å². The second-order valence-corrected chi connectivity index (χ2v) is 7.69. The van der Waals surface area contributed by atoms with E-state index in [1.54, 1.807) is 0 Å². The second kappa shape index (κ2) is 9.80. The number of rotatable bonds is 6. The first-order valence-corrected chi connectivity index (χ1v) is 10.4. The highest BCUT2D eigenvalue weighted by atomic mass is 19.4. The molecule has 3 aromatic carbocycles. The van der Waals surface area contributed by atoms with E-state index in [1.807, 2.05) is 0 Å². The Labute approximate surface area is 200 Å². The van der Waals surface area contributed by atoms with E-state index in [2.05, 4.69) is 15.4 Å². The van der Waals surface area contributed by atoms with Crippen LogP contribution >= 0.6 is 0 Å². The van der Waals surface area contributed by atoms with E-state index >= 15 is 0 Å². The van der Waals surface area contributed by atoms with E-state index in [4.69, 9.17) is 4.74 Å². The van der Waals surface area contributed by atoms with E-state index in [9.17, 15) is 31.1 Å². The van der Waals surface area contributed by atoms with Crippen LogP contribution in [0.15, 0.2) is 72.8 Å². The van der Waals surface area contributed by atoms with Gasteiger partial charge in [0, 0.05) is 5.56 Å². The Bertz CT molecular complexity index is 1360. The van der Waals surface area contributed by atoms with Crippen LogP contribution in [0.5, 0.6) is 0 Å². The number of halogens is 6. The number of carbonyl (C=O) groups is 1. The lowest BCUT2D eigenvalue weighted by atomic mass is 10.1. The van der Waals surface area contributed by atoms with Crippen LogP contribution in [0.1, 0.15) is 32.6 Å². The smallest absolute Gasteiger partial charge is 0.416 e. The third kappa shape index (κ3) is 6.06. The van der Waals surface area contributed by atoms with E-state index in [1.165, 1.54) is 48.5 Å². The Kier molecular flexibility index (Phi) is 6.77. The van der Waals surface area contributed by atoms with Crippen LogP contribution < -0.4 is 0 Å². The highest BCUT2D eigenvalue weighted by Crippen LogP contribution is 2.30. The van der Waals surface area contributed by atoms with Crippen molar-refractivity contribution in [2.75, 3.05) is 0 Å². The van der Waals surface area contributed by atoms with Crippen molar-refractivity contribution >= 4 is 5.97 Å². The third-order valence-corrected chi connectivity index (χ3v) is 5.03. The largest absolute Gasteiger partial charge is 0.457 e. The zero-order valence-corrected chi connectivity index (χ0v) is 18.2. The number of aromatic nitrogens is 4. The van der Waals surface area contributed by atoms with Crippen LogP contribution in [-0.2, 0) is 30.2 Å². The standard InChI is InChI=1S/C24H16F6N4O2/c25-23(26,27)19-5-1-3-15(11-19)13-34-32-21(31-33-34)17-7-9-18(10-8-17)22(35)36-14-16-4-2-6-20(12-16)24(28,29)30/h1-12H,13-14H2. The minimum Gasteiger partial charge on any atom is -0.457 e. The quantitative estimate of drug-likeness (QED) is 0.245. The van der Waals surface area contributed by atoms with Gasteiger partial charge in [0.2, 0.25) is 5.82 Å². The van der Waals surface area contributed by atoms with Gasteiger partial charge in [0.1, 0.15) is 6.61 Å². The van der Waals surface area contributed by atoms with Crippen molar-refractivity contribution in [1.82, 2.24) is 20.2 Å². The topological polar surface area (TPSA) is 69.9 Å². The molecule has 0 aliphatic heterocycles. The summed E-state index contributed by atoms with van der Waals surface area (Å²) < 4.78 is 82.2. The SMILES string of the molecule is O=C(OCc1cccc(C(F)(F)F)c1)c1ccc(-c2nnn(Cc3cccc(C(F)(F)F)c3)n2)cc1. The molecule has 0 saturated carbocycles. The Morgan fingerprint density at radius 3 is 2.00 bits per heavy atom. The van der Waals surface area contributed by atoms with E-state index in [0.29, 0.717) is 11.1 Å². The van der Waals surface area contributed by atoms with Crippen molar-refractivity contribution in [3.63, 3.8) is 0 Å². The summed E-state index contributed by atoms with van der Waals surface area (Å²) in [6.07, 6.45) is -8.97. The van der Waals surface area contributed by atoms with Crippen LogP contribution in [0.4, 0.5) is 26.3 Å². The molecular weight excluding hydrogens is 490 g/mol. The molecule has 1 heterocycles. The summed E-state index contributed by atoms with van der Waals surface area (Å²) in [6, 6.07) is 15.2. The molecule has 6 nitrogen and oxygen atoms in total. The Morgan fingerprint density at radius 2 is 1.39 bits per heavy atom. The maximum absolute atomic E-state index is 12.9. The lowest BCUT2D eigenvalue weighted by Crippen LogP contribution is -2.08. The number of tetrazole rings is 1. The minimum absolute atomic E-state index is 0.0309. The molecule has 0 atom stereocenters. The molecule has 0 aliphatic rings. The molecule has 186 valence electrons. The minimum atomic E-state index is -4.50. The number of hydrogen-bond donors (Lipinski definition) is 0. The molecule has 0 N–H and O–H groups in total. The van der Waals surface area contributed by atoms with Crippen LogP contribution in [0.3, 0.4) is 0 Å². The molecule has 0 fully saturated rings. The molecule has 0 aliphatic carbocycles. The molecule has 4 aromatic rings. The van der Waals surface area contributed by atoms with Crippen molar-refractivity contribution in [2.45, 2.75) is 25.5 Å². The number of hydrogen-bond acceptors (Lipinski definition) is 5. The zero-order chi connectivity index (χ0) is 25.9. The van der Waals surface area contributed by atoms with Gasteiger partial charge in [-0.3, -0.25) is 0 Å². The molecule has 0 unspecified atom stereocenters. The maximum atomic E-state index is 12.9.